The van der Waals surface area contributed by atoms with Crippen molar-refractivity contribution in [2.45, 2.75) is 6.10 Å². The van der Waals surface area contributed by atoms with Crippen molar-refractivity contribution in [1.29, 1.82) is 0 Å². The molecule has 1 unspecified atom stereocenters. The highest BCUT2D eigenvalue weighted by Crippen LogP contribution is 2.21. The van der Waals surface area contributed by atoms with Gasteiger partial charge in [0.25, 0.3) is 0 Å². The average molecular weight is 290 g/mol. The van der Waals surface area contributed by atoms with Gasteiger partial charge in [-0.15, -0.1) is 0 Å². The number of carboxylic acids is 1. The number of anilines is 1. The van der Waals surface area contributed by atoms with E-state index in [1.807, 2.05) is 7.05 Å². The molecule has 0 amide bonds. The number of methoxy groups -OCH3 is 1. The van der Waals surface area contributed by atoms with Gasteiger partial charge < -0.3 is 19.8 Å². The summed E-state index contributed by atoms with van der Waals surface area (Å²) >= 11 is 0. The van der Waals surface area contributed by atoms with Crippen LogP contribution in [0.5, 0.6) is 0 Å². The van der Waals surface area contributed by atoms with E-state index in [1.165, 1.54) is 7.11 Å². The maximum atomic E-state index is 11.2. The lowest BCUT2D eigenvalue weighted by atomic mass is 10.1. The fourth-order valence-electron chi connectivity index (χ4n) is 2.20. The number of likely N-dealkylation sites (N-methyl/N-ethyl adjacent to an activating group) is 1. The minimum Gasteiger partial charge on any atom is -0.478 e. The summed E-state index contributed by atoms with van der Waals surface area (Å²) < 4.78 is 4.89. The molecular formula is C15H18N2O4. The van der Waals surface area contributed by atoms with Crippen LogP contribution in [0.3, 0.4) is 0 Å². The predicted octanol–water partition coefficient (Wildman–Crippen LogP) is 1.38. The Labute approximate surface area is 122 Å². The van der Waals surface area contributed by atoms with Gasteiger partial charge in [0, 0.05) is 26.1 Å². The van der Waals surface area contributed by atoms with E-state index in [0.29, 0.717) is 23.3 Å². The maximum Gasteiger partial charge on any atom is 0.336 e. The van der Waals surface area contributed by atoms with Crippen LogP contribution in [0.15, 0.2) is 30.3 Å². The molecule has 6 heteroatoms. The molecule has 1 aromatic heterocycles. The van der Waals surface area contributed by atoms with Gasteiger partial charge in [-0.2, -0.15) is 0 Å². The van der Waals surface area contributed by atoms with E-state index in [0.717, 1.165) is 0 Å². The Kier molecular flexibility index (Phi) is 4.72. The van der Waals surface area contributed by atoms with E-state index in [-0.39, 0.29) is 12.2 Å². The first-order valence-corrected chi connectivity index (χ1v) is 6.54. The van der Waals surface area contributed by atoms with Crippen LogP contribution in [0.1, 0.15) is 10.4 Å². The number of rotatable bonds is 6. The number of pyridine rings is 1. The molecule has 1 atom stereocenters. The summed E-state index contributed by atoms with van der Waals surface area (Å²) in [5, 5.41) is 19.5. The molecule has 0 aliphatic carbocycles. The lowest BCUT2D eigenvalue weighted by molar-refractivity contribution is 0.0693. The Morgan fingerprint density at radius 2 is 2.14 bits per heavy atom. The summed E-state index contributed by atoms with van der Waals surface area (Å²) in [5.74, 6) is -0.306. The van der Waals surface area contributed by atoms with Crippen molar-refractivity contribution in [3.8, 4) is 0 Å². The zero-order valence-corrected chi connectivity index (χ0v) is 12.0. The second kappa shape index (κ2) is 6.51. The smallest absolute Gasteiger partial charge is 0.336 e. The van der Waals surface area contributed by atoms with Crippen molar-refractivity contribution in [1.82, 2.24) is 4.98 Å². The maximum absolute atomic E-state index is 11.2. The Balaban J connectivity index is 2.29. The average Bonchev–Trinajstić information content (AvgIpc) is 2.46. The molecule has 1 heterocycles. The molecule has 21 heavy (non-hydrogen) atoms. The van der Waals surface area contributed by atoms with E-state index >= 15 is 0 Å². The molecule has 2 rings (SSSR count). The number of nitrogens with zero attached hydrogens (tertiary/aromatic N) is 2. The van der Waals surface area contributed by atoms with Gasteiger partial charge in [0.05, 0.1) is 23.8 Å². The first-order valence-electron chi connectivity index (χ1n) is 6.54. The standard InChI is InChI=1S/C15H18N2O4/c1-17(8-10(18)9-21-2)14-7-6-11-12(15(19)20)4-3-5-13(11)16-14/h3-7,10,18H,8-9H2,1-2H3,(H,19,20). The fraction of sp³-hybridized carbons (Fsp3) is 0.333. The third-order valence-electron chi connectivity index (χ3n) is 3.18. The lowest BCUT2D eigenvalue weighted by Gasteiger charge is -2.21. The summed E-state index contributed by atoms with van der Waals surface area (Å²) in [7, 11) is 3.35. The van der Waals surface area contributed by atoms with Gasteiger partial charge >= 0.3 is 5.97 Å². The van der Waals surface area contributed by atoms with E-state index in [1.54, 1.807) is 35.2 Å². The van der Waals surface area contributed by atoms with Crippen LogP contribution in [0.25, 0.3) is 10.9 Å². The summed E-state index contributed by atoms with van der Waals surface area (Å²) in [6.45, 7) is 0.631. The Morgan fingerprint density at radius 1 is 1.38 bits per heavy atom. The largest absolute Gasteiger partial charge is 0.478 e. The second-order valence-corrected chi connectivity index (χ2v) is 4.84. The number of hydrogen-bond donors (Lipinski definition) is 2. The molecule has 0 spiro atoms. The van der Waals surface area contributed by atoms with Gasteiger partial charge in [-0.1, -0.05) is 6.07 Å². The topological polar surface area (TPSA) is 82.9 Å². The number of carbonyl (C=O) groups is 1. The van der Waals surface area contributed by atoms with E-state index in [4.69, 9.17) is 9.84 Å². The van der Waals surface area contributed by atoms with Crippen LogP contribution in [0.2, 0.25) is 0 Å². The summed E-state index contributed by atoms with van der Waals surface area (Å²) in [4.78, 5) is 17.4. The van der Waals surface area contributed by atoms with Crippen LogP contribution in [-0.2, 0) is 4.74 Å². The molecular weight excluding hydrogens is 272 g/mol. The van der Waals surface area contributed by atoms with Gasteiger partial charge in [-0.25, -0.2) is 9.78 Å². The molecule has 2 N–H and O–H groups in total. The Bertz CT molecular complexity index is 645. The molecule has 0 saturated carbocycles. The molecule has 0 aliphatic rings. The van der Waals surface area contributed by atoms with Crippen LogP contribution in [0.4, 0.5) is 5.82 Å². The normalized spacial score (nSPS) is 12.3. The first kappa shape index (κ1) is 15.2. The highest BCUT2D eigenvalue weighted by atomic mass is 16.5. The van der Waals surface area contributed by atoms with Crippen LogP contribution < -0.4 is 4.90 Å². The number of fused-ring (bicyclic) bond motifs is 1. The second-order valence-electron chi connectivity index (χ2n) is 4.84. The third-order valence-corrected chi connectivity index (χ3v) is 3.18. The number of aliphatic hydroxyl groups is 1. The number of hydrogen-bond acceptors (Lipinski definition) is 5. The van der Waals surface area contributed by atoms with Gasteiger partial charge in [-0.3, -0.25) is 0 Å². The minimum absolute atomic E-state index is 0.230. The number of aliphatic hydroxyl groups excluding tert-OH is 1. The van der Waals surface area contributed by atoms with Crippen molar-refractivity contribution in [2.24, 2.45) is 0 Å². The van der Waals surface area contributed by atoms with Crippen molar-refractivity contribution in [3.05, 3.63) is 35.9 Å². The number of aromatic nitrogens is 1. The molecule has 6 nitrogen and oxygen atoms in total. The Morgan fingerprint density at radius 3 is 2.81 bits per heavy atom. The number of carboxylic acid groups (broad SMARTS) is 1. The van der Waals surface area contributed by atoms with Crippen LogP contribution in [0, 0.1) is 0 Å². The summed E-state index contributed by atoms with van der Waals surface area (Å²) in [6.07, 6.45) is -0.608. The van der Waals surface area contributed by atoms with Gasteiger partial charge in [0.15, 0.2) is 0 Å². The van der Waals surface area contributed by atoms with E-state index in [9.17, 15) is 9.90 Å². The molecule has 2 aromatic rings. The van der Waals surface area contributed by atoms with Crippen molar-refractivity contribution in [3.63, 3.8) is 0 Å². The highest BCUT2D eigenvalue weighted by Gasteiger charge is 2.12. The highest BCUT2D eigenvalue weighted by molar-refractivity contribution is 6.02. The predicted molar refractivity (Wildman–Crippen MR) is 79.9 cm³/mol. The lowest BCUT2D eigenvalue weighted by Crippen LogP contribution is -2.32. The number of aromatic carboxylic acids is 1. The zero-order valence-electron chi connectivity index (χ0n) is 12.0. The molecule has 0 radical (unpaired) electrons. The van der Waals surface area contributed by atoms with Crippen LogP contribution >= 0.6 is 0 Å². The van der Waals surface area contributed by atoms with E-state index < -0.39 is 12.1 Å². The third kappa shape index (κ3) is 3.48. The first-order chi connectivity index (χ1) is 10.0. The minimum atomic E-state index is -0.973. The molecule has 0 aliphatic heterocycles. The van der Waals surface area contributed by atoms with Crippen molar-refractivity contribution in [2.75, 3.05) is 32.2 Å². The quantitative estimate of drug-likeness (QED) is 0.836. The molecule has 0 saturated heterocycles. The number of benzene rings is 1. The molecule has 0 fully saturated rings. The monoisotopic (exact) mass is 290 g/mol. The van der Waals surface area contributed by atoms with Crippen molar-refractivity contribution < 1.29 is 19.7 Å². The van der Waals surface area contributed by atoms with Gasteiger partial charge in [0.2, 0.25) is 0 Å². The van der Waals surface area contributed by atoms with Crippen molar-refractivity contribution >= 4 is 22.7 Å². The van der Waals surface area contributed by atoms with Crippen LogP contribution in [-0.4, -0.2) is 54.6 Å². The zero-order chi connectivity index (χ0) is 15.4. The Hall–Kier alpha value is -2.18. The SMILES string of the molecule is COCC(O)CN(C)c1ccc2c(C(=O)O)cccc2n1. The van der Waals surface area contributed by atoms with E-state index in [2.05, 4.69) is 4.98 Å². The van der Waals surface area contributed by atoms with Gasteiger partial charge in [-0.05, 0) is 24.3 Å². The van der Waals surface area contributed by atoms with Gasteiger partial charge in [0.1, 0.15) is 5.82 Å². The fourth-order valence-corrected chi connectivity index (χ4v) is 2.20. The molecule has 0 bridgehead atoms. The summed E-state index contributed by atoms with van der Waals surface area (Å²) in [5.41, 5.74) is 0.842. The number of ether oxygens (including phenoxy) is 1. The summed E-state index contributed by atoms with van der Waals surface area (Å²) in [6, 6.07) is 8.47. The molecule has 1 aromatic carbocycles. The molecule has 112 valence electrons.